The Balaban J connectivity index is 1.42. The normalized spacial score (nSPS) is 10.9. The number of hydrogen-bond acceptors (Lipinski definition) is 7. The third-order valence-corrected chi connectivity index (χ3v) is 6.51. The van der Waals surface area contributed by atoms with Gasteiger partial charge >= 0.3 is 0 Å². The number of ether oxygens (including phenoxy) is 1. The number of hydrogen-bond donors (Lipinski definition) is 1. The predicted molar refractivity (Wildman–Crippen MR) is 123 cm³/mol. The van der Waals surface area contributed by atoms with Crippen LogP contribution in [0.4, 0.5) is 0 Å². The fraction of sp³-hybridized carbons (Fsp3) is 0.143. The van der Waals surface area contributed by atoms with Crippen molar-refractivity contribution in [2.75, 3.05) is 12.9 Å². The molecule has 10 heteroatoms. The van der Waals surface area contributed by atoms with Gasteiger partial charge in [-0.1, -0.05) is 22.9 Å². The summed E-state index contributed by atoms with van der Waals surface area (Å²) in [5.41, 5.74) is 1.06. The van der Waals surface area contributed by atoms with Crippen LogP contribution < -0.4 is 15.6 Å². The molecule has 1 N–H and O–H groups in total. The smallest absolute Gasteiger partial charge is 0.275 e. The maximum Gasteiger partial charge on any atom is 0.275 e. The highest BCUT2D eigenvalue weighted by molar-refractivity contribution is 8.00. The topological polar surface area (TPSA) is 85.6 Å². The summed E-state index contributed by atoms with van der Waals surface area (Å²) in [6.07, 6.45) is 0. The Morgan fingerprint density at radius 1 is 1.19 bits per heavy atom. The summed E-state index contributed by atoms with van der Waals surface area (Å²) in [7, 11) is 1.60. The van der Waals surface area contributed by atoms with E-state index in [1.807, 2.05) is 36.4 Å². The number of fused-ring (bicyclic) bond motifs is 1. The van der Waals surface area contributed by atoms with Gasteiger partial charge in [-0.05, 0) is 48.5 Å². The van der Waals surface area contributed by atoms with Gasteiger partial charge in [0.05, 0.1) is 25.1 Å². The standard InChI is InChI=1S/C21H17ClN4O3S2/c1-29-16-6-2-13(3-7-16)20-25-26-19(28)10-15(24-21(26)31-20)11-23-18(27)12-30-17-8-4-14(22)5-9-17/h2-10H,11-12H2,1H3,(H,23,27). The molecule has 0 aliphatic carbocycles. The van der Waals surface area contributed by atoms with Crippen LogP contribution in [0.2, 0.25) is 5.02 Å². The molecular formula is C21H17ClN4O3S2. The molecule has 158 valence electrons. The van der Waals surface area contributed by atoms with E-state index >= 15 is 0 Å². The lowest BCUT2D eigenvalue weighted by molar-refractivity contribution is -0.118. The van der Waals surface area contributed by atoms with Gasteiger partial charge in [-0.15, -0.1) is 11.8 Å². The molecule has 2 aromatic carbocycles. The van der Waals surface area contributed by atoms with Gasteiger partial charge < -0.3 is 10.1 Å². The number of rotatable bonds is 7. The molecule has 0 saturated carbocycles. The zero-order chi connectivity index (χ0) is 21.8. The second-order valence-electron chi connectivity index (χ2n) is 6.44. The summed E-state index contributed by atoms with van der Waals surface area (Å²) in [4.78, 5) is 30.5. The maximum absolute atomic E-state index is 12.4. The number of carbonyl (C=O) groups excluding carboxylic acids is 1. The number of benzene rings is 2. The van der Waals surface area contributed by atoms with Crippen LogP contribution in [0.1, 0.15) is 5.69 Å². The molecule has 7 nitrogen and oxygen atoms in total. The summed E-state index contributed by atoms with van der Waals surface area (Å²) in [6.45, 7) is 0.168. The van der Waals surface area contributed by atoms with Crippen molar-refractivity contribution in [3.05, 3.63) is 75.7 Å². The minimum atomic E-state index is -0.291. The van der Waals surface area contributed by atoms with Crippen molar-refractivity contribution in [2.24, 2.45) is 0 Å². The molecule has 0 saturated heterocycles. The average Bonchev–Trinajstić information content (AvgIpc) is 3.22. The average molecular weight is 473 g/mol. The van der Waals surface area contributed by atoms with Crippen LogP contribution in [0.5, 0.6) is 5.75 Å². The first-order chi connectivity index (χ1) is 15.0. The van der Waals surface area contributed by atoms with E-state index in [0.717, 1.165) is 16.2 Å². The van der Waals surface area contributed by atoms with Gasteiger partial charge in [-0.25, -0.2) is 4.98 Å². The van der Waals surface area contributed by atoms with Crippen molar-refractivity contribution in [3.8, 4) is 16.3 Å². The molecule has 1 amide bonds. The molecule has 0 atom stereocenters. The van der Waals surface area contributed by atoms with E-state index in [-0.39, 0.29) is 23.8 Å². The minimum absolute atomic E-state index is 0.148. The highest BCUT2D eigenvalue weighted by Gasteiger charge is 2.12. The second kappa shape index (κ2) is 9.51. The van der Waals surface area contributed by atoms with Crippen molar-refractivity contribution in [2.45, 2.75) is 11.4 Å². The Kier molecular flexibility index (Phi) is 6.55. The second-order valence-corrected chi connectivity index (χ2v) is 8.88. The number of carbonyl (C=O) groups is 1. The maximum atomic E-state index is 12.4. The molecule has 2 heterocycles. The molecule has 0 bridgehead atoms. The number of nitrogens with one attached hydrogen (secondary N) is 1. The molecule has 4 aromatic rings. The van der Waals surface area contributed by atoms with Crippen molar-refractivity contribution in [1.82, 2.24) is 19.9 Å². The van der Waals surface area contributed by atoms with Crippen molar-refractivity contribution in [1.29, 1.82) is 0 Å². The Bertz CT molecular complexity index is 1270. The zero-order valence-corrected chi connectivity index (χ0v) is 18.8. The van der Waals surface area contributed by atoms with Crippen molar-refractivity contribution >= 4 is 45.6 Å². The fourth-order valence-electron chi connectivity index (χ4n) is 2.72. The highest BCUT2D eigenvalue weighted by atomic mass is 35.5. The van der Waals surface area contributed by atoms with E-state index in [9.17, 15) is 9.59 Å². The molecule has 0 fully saturated rings. The number of nitrogens with zero attached hydrogens (tertiary/aromatic N) is 3. The van der Waals surface area contributed by atoms with Gasteiger partial charge in [0.25, 0.3) is 5.56 Å². The largest absolute Gasteiger partial charge is 0.497 e. The lowest BCUT2D eigenvalue weighted by Gasteiger charge is -2.05. The Hall–Kier alpha value is -2.88. The monoisotopic (exact) mass is 472 g/mol. The number of amides is 1. The third-order valence-electron chi connectivity index (χ3n) is 4.29. The van der Waals surface area contributed by atoms with Gasteiger partial charge in [0, 0.05) is 21.5 Å². The summed E-state index contributed by atoms with van der Waals surface area (Å²) < 4.78 is 6.44. The zero-order valence-electron chi connectivity index (χ0n) is 16.4. The number of aromatic nitrogens is 3. The van der Waals surface area contributed by atoms with Crippen LogP contribution in [-0.4, -0.2) is 33.4 Å². The fourth-order valence-corrected chi connectivity index (χ4v) is 4.50. The predicted octanol–water partition coefficient (Wildman–Crippen LogP) is 3.89. The van der Waals surface area contributed by atoms with Crippen molar-refractivity contribution < 1.29 is 9.53 Å². The quantitative estimate of drug-likeness (QED) is 0.411. The van der Waals surface area contributed by atoms with Crippen LogP contribution in [0, 0.1) is 0 Å². The highest BCUT2D eigenvalue weighted by Crippen LogP contribution is 2.26. The van der Waals surface area contributed by atoms with Crippen LogP contribution in [0.25, 0.3) is 15.5 Å². The Morgan fingerprint density at radius 3 is 2.65 bits per heavy atom. The van der Waals surface area contributed by atoms with E-state index in [2.05, 4.69) is 15.4 Å². The molecule has 31 heavy (non-hydrogen) atoms. The molecule has 0 aliphatic heterocycles. The van der Waals surface area contributed by atoms with Gasteiger partial charge in [-0.3, -0.25) is 9.59 Å². The molecule has 0 spiro atoms. The molecule has 0 aliphatic rings. The van der Waals surface area contributed by atoms with E-state index < -0.39 is 0 Å². The van der Waals surface area contributed by atoms with Crippen molar-refractivity contribution in [3.63, 3.8) is 0 Å². The van der Waals surface area contributed by atoms with Gasteiger partial charge in [-0.2, -0.15) is 9.61 Å². The van der Waals surface area contributed by atoms with Gasteiger partial charge in [0.2, 0.25) is 10.9 Å². The molecule has 4 rings (SSSR count). The van der Waals surface area contributed by atoms with Gasteiger partial charge in [0.15, 0.2) is 0 Å². The number of methoxy groups -OCH3 is 1. The Morgan fingerprint density at radius 2 is 1.94 bits per heavy atom. The molecule has 2 aromatic heterocycles. The first kappa shape index (κ1) is 21.4. The minimum Gasteiger partial charge on any atom is -0.497 e. The van der Waals surface area contributed by atoms with E-state index in [1.165, 1.54) is 33.7 Å². The third kappa shape index (κ3) is 5.25. The SMILES string of the molecule is COc1ccc(-c2nn3c(=O)cc(CNC(=O)CSc4ccc(Cl)cc4)nc3s2)cc1. The summed E-state index contributed by atoms with van der Waals surface area (Å²) in [5, 5.41) is 8.49. The Labute approximate surface area is 191 Å². The van der Waals surface area contributed by atoms with Crippen LogP contribution in [0.3, 0.4) is 0 Å². The summed E-state index contributed by atoms with van der Waals surface area (Å²) >= 11 is 8.58. The first-order valence-corrected chi connectivity index (χ1v) is 11.4. The lowest BCUT2D eigenvalue weighted by atomic mass is 10.2. The van der Waals surface area contributed by atoms with E-state index in [1.54, 1.807) is 19.2 Å². The number of thioether (sulfide) groups is 1. The molecule has 0 radical (unpaired) electrons. The molecule has 0 unspecified atom stereocenters. The van der Waals surface area contributed by atoms with Crippen LogP contribution in [0.15, 0.2) is 64.3 Å². The number of halogens is 1. The first-order valence-electron chi connectivity index (χ1n) is 9.21. The van der Waals surface area contributed by atoms with E-state index in [4.69, 9.17) is 16.3 Å². The summed E-state index contributed by atoms with van der Waals surface area (Å²) in [6, 6.07) is 16.1. The molecular weight excluding hydrogens is 456 g/mol. The van der Waals surface area contributed by atoms with E-state index in [0.29, 0.717) is 20.7 Å². The van der Waals surface area contributed by atoms with Gasteiger partial charge in [0.1, 0.15) is 10.8 Å². The van der Waals surface area contributed by atoms with Crippen LogP contribution in [-0.2, 0) is 11.3 Å². The lowest BCUT2D eigenvalue weighted by Crippen LogP contribution is -2.26. The summed E-state index contributed by atoms with van der Waals surface area (Å²) in [5.74, 6) is 0.850. The van der Waals surface area contributed by atoms with Crippen LogP contribution >= 0.6 is 34.7 Å².